The Balaban J connectivity index is 2.38. The number of nitrogens with one attached hydrogen (secondary N) is 1. The first kappa shape index (κ1) is 15.0. The zero-order valence-corrected chi connectivity index (χ0v) is 14.0. The van der Waals surface area contributed by atoms with E-state index in [2.05, 4.69) is 36.6 Å². The van der Waals surface area contributed by atoms with Gasteiger partial charge in [-0.15, -0.1) is 0 Å². The minimum absolute atomic E-state index is 0.0476. The third kappa shape index (κ3) is 3.39. The zero-order chi connectivity index (χ0) is 14.8. The molecule has 7 heteroatoms. The van der Waals surface area contributed by atoms with Crippen LogP contribution in [-0.4, -0.2) is 8.42 Å². The Kier molecular flexibility index (Phi) is 4.48. The first-order valence-electron chi connectivity index (χ1n) is 5.40. The average molecular weight is 416 g/mol. The van der Waals surface area contributed by atoms with Gasteiger partial charge >= 0.3 is 0 Å². The molecule has 0 saturated carbocycles. The molecule has 0 saturated heterocycles. The van der Waals surface area contributed by atoms with Crippen LogP contribution < -0.4 is 4.72 Å². The van der Waals surface area contributed by atoms with E-state index in [0.29, 0.717) is 15.7 Å². The number of sulfonamides is 1. The van der Waals surface area contributed by atoms with Crippen molar-refractivity contribution in [2.75, 3.05) is 4.72 Å². The molecule has 0 atom stereocenters. The van der Waals surface area contributed by atoms with Crippen LogP contribution >= 0.6 is 31.9 Å². The Labute approximate surface area is 133 Å². The second-order valence-electron chi connectivity index (χ2n) is 3.87. The Morgan fingerprint density at radius 1 is 1.10 bits per heavy atom. The van der Waals surface area contributed by atoms with Crippen molar-refractivity contribution < 1.29 is 8.42 Å². The lowest BCUT2D eigenvalue weighted by molar-refractivity contribution is 0.601. The van der Waals surface area contributed by atoms with Crippen molar-refractivity contribution in [2.24, 2.45) is 0 Å². The van der Waals surface area contributed by atoms with E-state index in [4.69, 9.17) is 5.26 Å². The van der Waals surface area contributed by atoms with Crippen LogP contribution in [0.2, 0.25) is 0 Å². The standard InChI is InChI=1S/C13H8Br2N2O2S/c14-10-4-5-13(12(15)7-10)17-20(18,19)11-3-1-2-9(6-11)8-16/h1-7,17H. The lowest BCUT2D eigenvalue weighted by atomic mass is 10.2. The lowest BCUT2D eigenvalue weighted by Crippen LogP contribution is -2.13. The highest BCUT2D eigenvalue weighted by molar-refractivity contribution is 9.11. The molecule has 2 aromatic rings. The van der Waals surface area contributed by atoms with Gasteiger partial charge in [0.05, 0.1) is 22.2 Å². The average Bonchev–Trinajstić information content (AvgIpc) is 2.42. The van der Waals surface area contributed by atoms with Crippen LogP contribution in [0.1, 0.15) is 5.56 Å². The molecule has 0 spiro atoms. The van der Waals surface area contributed by atoms with Gasteiger partial charge in [-0.2, -0.15) is 5.26 Å². The number of hydrogen-bond donors (Lipinski definition) is 1. The van der Waals surface area contributed by atoms with Gasteiger partial charge in [0, 0.05) is 8.95 Å². The number of nitriles is 1. The minimum Gasteiger partial charge on any atom is -0.278 e. The van der Waals surface area contributed by atoms with E-state index in [9.17, 15) is 8.42 Å². The number of halogens is 2. The Bertz CT molecular complexity index is 798. The molecule has 0 aliphatic heterocycles. The second-order valence-corrected chi connectivity index (χ2v) is 7.32. The van der Waals surface area contributed by atoms with Gasteiger partial charge in [0.1, 0.15) is 0 Å². The van der Waals surface area contributed by atoms with Gasteiger partial charge in [-0.3, -0.25) is 4.72 Å². The summed E-state index contributed by atoms with van der Waals surface area (Å²) in [4.78, 5) is 0.0476. The Morgan fingerprint density at radius 3 is 2.50 bits per heavy atom. The summed E-state index contributed by atoms with van der Waals surface area (Å²) >= 11 is 6.59. The second kappa shape index (κ2) is 5.95. The van der Waals surface area contributed by atoms with Crippen molar-refractivity contribution in [1.82, 2.24) is 0 Å². The number of benzene rings is 2. The van der Waals surface area contributed by atoms with Gasteiger partial charge in [-0.25, -0.2) is 8.42 Å². The fourth-order valence-electron chi connectivity index (χ4n) is 1.51. The smallest absolute Gasteiger partial charge is 0.261 e. The maximum absolute atomic E-state index is 12.3. The molecular weight excluding hydrogens is 408 g/mol. The van der Waals surface area contributed by atoms with Gasteiger partial charge in [0.2, 0.25) is 0 Å². The molecule has 0 radical (unpaired) electrons. The maximum atomic E-state index is 12.3. The molecular formula is C13H8Br2N2O2S. The van der Waals surface area contributed by atoms with E-state index in [1.54, 1.807) is 24.3 Å². The Morgan fingerprint density at radius 2 is 1.85 bits per heavy atom. The molecule has 0 aliphatic rings. The van der Waals surface area contributed by atoms with Gasteiger partial charge in [-0.05, 0) is 52.3 Å². The summed E-state index contributed by atoms with van der Waals surface area (Å²) in [6, 6.07) is 12.9. The van der Waals surface area contributed by atoms with E-state index >= 15 is 0 Å². The van der Waals surface area contributed by atoms with Gasteiger partial charge < -0.3 is 0 Å². The topological polar surface area (TPSA) is 70.0 Å². The van der Waals surface area contributed by atoms with Crippen LogP contribution in [0.3, 0.4) is 0 Å². The third-order valence-electron chi connectivity index (χ3n) is 2.45. The summed E-state index contributed by atoms with van der Waals surface area (Å²) in [5.41, 5.74) is 0.721. The molecule has 0 bridgehead atoms. The third-order valence-corrected chi connectivity index (χ3v) is 4.96. The minimum atomic E-state index is -3.73. The van der Waals surface area contributed by atoms with Crippen molar-refractivity contribution in [3.05, 3.63) is 57.0 Å². The lowest BCUT2D eigenvalue weighted by Gasteiger charge is -2.10. The van der Waals surface area contributed by atoms with Crippen LogP contribution in [0.5, 0.6) is 0 Å². The van der Waals surface area contributed by atoms with E-state index < -0.39 is 10.0 Å². The summed E-state index contributed by atoms with van der Waals surface area (Å²) in [7, 11) is -3.73. The fraction of sp³-hybridized carbons (Fsp3) is 0. The predicted molar refractivity (Wildman–Crippen MR) is 83.8 cm³/mol. The number of hydrogen-bond acceptors (Lipinski definition) is 3. The quantitative estimate of drug-likeness (QED) is 0.826. The van der Waals surface area contributed by atoms with E-state index in [1.807, 2.05) is 6.07 Å². The molecule has 0 fully saturated rings. The van der Waals surface area contributed by atoms with Crippen molar-refractivity contribution in [3.63, 3.8) is 0 Å². The molecule has 0 aromatic heterocycles. The van der Waals surface area contributed by atoms with E-state index in [0.717, 1.165) is 4.47 Å². The highest BCUT2D eigenvalue weighted by Gasteiger charge is 2.16. The van der Waals surface area contributed by atoms with Crippen LogP contribution in [0.25, 0.3) is 0 Å². The fourth-order valence-corrected chi connectivity index (χ4v) is 3.91. The van der Waals surface area contributed by atoms with Gasteiger partial charge in [-0.1, -0.05) is 22.0 Å². The first-order valence-corrected chi connectivity index (χ1v) is 8.47. The first-order chi connectivity index (χ1) is 9.42. The summed E-state index contributed by atoms with van der Waals surface area (Å²) in [5.74, 6) is 0. The van der Waals surface area contributed by atoms with Crippen molar-refractivity contribution in [2.45, 2.75) is 4.90 Å². The summed E-state index contributed by atoms with van der Waals surface area (Å²) in [6.45, 7) is 0. The van der Waals surface area contributed by atoms with E-state index in [-0.39, 0.29) is 4.90 Å². The molecule has 0 unspecified atom stereocenters. The molecule has 0 amide bonds. The molecule has 20 heavy (non-hydrogen) atoms. The number of nitrogens with zero attached hydrogens (tertiary/aromatic N) is 1. The van der Waals surface area contributed by atoms with Gasteiger partial charge in [0.25, 0.3) is 10.0 Å². The van der Waals surface area contributed by atoms with Crippen LogP contribution in [-0.2, 0) is 10.0 Å². The summed E-state index contributed by atoms with van der Waals surface area (Å²) < 4.78 is 28.4. The van der Waals surface area contributed by atoms with Crippen LogP contribution in [0, 0.1) is 11.3 Å². The highest BCUT2D eigenvalue weighted by Crippen LogP contribution is 2.28. The number of anilines is 1. The molecule has 1 N–H and O–H groups in total. The van der Waals surface area contributed by atoms with E-state index in [1.165, 1.54) is 18.2 Å². The normalized spacial score (nSPS) is 10.8. The SMILES string of the molecule is N#Cc1cccc(S(=O)(=O)Nc2ccc(Br)cc2Br)c1. The molecule has 0 aliphatic carbocycles. The summed E-state index contributed by atoms with van der Waals surface area (Å²) in [6.07, 6.45) is 0. The van der Waals surface area contributed by atoms with Crippen molar-refractivity contribution >= 4 is 47.6 Å². The van der Waals surface area contributed by atoms with Crippen LogP contribution in [0.15, 0.2) is 56.3 Å². The van der Waals surface area contributed by atoms with Gasteiger partial charge in [0.15, 0.2) is 0 Å². The highest BCUT2D eigenvalue weighted by atomic mass is 79.9. The maximum Gasteiger partial charge on any atom is 0.261 e. The van der Waals surface area contributed by atoms with Crippen molar-refractivity contribution in [3.8, 4) is 6.07 Å². The molecule has 0 heterocycles. The summed E-state index contributed by atoms with van der Waals surface area (Å²) in [5, 5.41) is 8.81. The zero-order valence-electron chi connectivity index (χ0n) is 9.97. The number of rotatable bonds is 3. The molecule has 2 rings (SSSR count). The predicted octanol–water partition coefficient (Wildman–Crippen LogP) is 3.88. The monoisotopic (exact) mass is 414 g/mol. The molecule has 102 valence electrons. The largest absolute Gasteiger partial charge is 0.278 e. The Hall–Kier alpha value is -1.36. The molecule has 4 nitrogen and oxygen atoms in total. The van der Waals surface area contributed by atoms with Crippen LogP contribution in [0.4, 0.5) is 5.69 Å². The molecule has 2 aromatic carbocycles. The van der Waals surface area contributed by atoms with Crippen molar-refractivity contribution in [1.29, 1.82) is 5.26 Å².